The van der Waals surface area contributed by atoms with Gasteiger partial charge in [-0.1, -0.05) is 21.6 Å². The lowest BCUT2D eigenvalue weighted by Crippen LogP contribution is -2.10. The second kappa shape index (κ2) is 5.49. The fraction of sp³-hybridized carbons (Fsp3) is 0.667. The molecule has 11 heavy (non-hydrogen) atoms. The zero-order chi connectivity index (χ0) is 8.85. The van der Waals surface area contributed by atoms with Crippen molar-refractivity contribution in [3.8, 4) is 0 Å². The Bertz CT molecular complexity index is 149. The second-order valence-corrected chi connectivity index (χ2v) is 5.00. The van der Waals surface area contributed by atoms with Gasteiger partial charge in [0.15, 0.2) is 0 Å². The first-order chi connectivity index (χ1) is 5.07. The highest BCUT2D eigenvalue weighted by Gasteiger charge is 2.13. The number of hydrogen-bond acceptors (Lipinski definition) is 4. The summed E-state index contributed by atoms with van der Waals surface area (Å²) < 4.78 is 0. The molecular formula is C6H10O3S2. The maximum Gasteiger partial charge on any atom is 0.317 e. The molecule has 0 aromatic heterocycles. The summed E-state index contributed by atoms with van der Waals surface area (Å²) in [6.07, 6.45) is 0.798. The highest BCUT2D eigenvalue weighted by atomic mass is 33.1. The van der Waals surface area contributed by atoms with Gasteiger partial charge in [-0.05, 0) is 13.8 Å². The van der Waals surface area contributed by atoms with E-state index in [4.69, 9.17) is 5.11 Å². The van der Waals surface area contributed by atoms with Crippen molar-refractivity contribution in [3.63, 3.8) is 0 Å². The maximum absolute atomic E-state index is 10.3. The predicted octanol–water partition coefficient (Wildman–Crippen LogP) is 1.43. The van der Waals surface area contributed by atoms with Gasteiger partial charge >= 0.3 is 5.97 Å². The number of aldehydes is 1. The van der Waals surface area contributed by atoms with Gasteiger partial charge < -0.3 is 9.90 Å². The van der Waals surface area contributed by atoms with Gasteiger partial charge in [0.05, 0.1) is 5.25 Å². The van der Waals surface area contributed by atoms with Crippen molar-refractivity contribution in [2.45, 2.75) is 24.3 Å². The van der Waals surface area contributed by atoms with E-state index in [1.165, 1.54) is 21.6 Å². The van der Waals surface area contributed by atoms with E-state index in [0.717, 1.165) is 6.29 Å². The van der Waals surface area contributed by atoms with Crippen molar-refractivity contribution in [1.82, 2.24) is 0 Å². The van der Waals surface area contributed by atoms with Crippen LogP contribution < -0.4 is 0 Å². The second-order valence-electron chi connectivity index (χ2n) is 2.01. The van der Waals surface area contributed by atoms with Crippen molar-refractivity contribution < 1.29 is 14.7 Å². The average molecular weight is 194 g/mol. The largest absolute Gasteiger partial charge is 0.480 e. The zero-order valence-electron chi connectivity index (χ0n) is 6.31. The van der Waals surface area contributed by atoms with Crippen LogP contribution in [0.1, 0.15) is 13.8 Å². The topological polar surface area (TPSA) is 54.4 Å². The molecule has 3 nitrogen and oxygen atoms in total. The van der Waals surface area contributed by atoms with Gasteiger partial charge in [-0.25, -0.2) is 0 Å². The Hall–Kier alpha value is -0.160. The van der Waals surface area contributed by atoms with E-state index in [1.807, 2.05) is 0 Å². The first-order valence-corrected chi connectivity index (χ1v) is 5.35. The van der Waals surface area contributed by atoms with Crippen LogP contribution in [0.3, 0.4) is 0 Å². The molecule has 0 saturated carbocycles. The van der Waals surface area contributed by atoms with Crippen molar-refractivity contribution in [2.24, 2.45) is 0 Å². The predicted molar refractivity (Wildman–Crippen MR) is 47.8 cm³/mol. The highest BCUT2D eigenvalue weighted by Crippen LogP contribution is 2.29. The molecular weight excluding hydrogens is 184 g/mol. The van der Waals surface area contributed by atoms with Crippen molar-refractivity contribution in [1.29, 1.82) is 0 Å². The normalized spacial score (nSPS) is 15.5. The Morgan fingerprint density at radius 3 is 2.36 bits per heavy atom. The van der Waals surface area contributed by atoms with Gasteiger partial charge in [-0.2, -0.15) is 0 Å². The lowest BCUT2D eigenvalue weighted by atomic mass is 10.5. The van der Waals surface area contributed by atoms with Gasteiger partial charge in [0.1, 0.15) is 11.5 Å². The van der Waals surface area contributed by atoms with E-state index < -0.39 is 11.2 Å². The molecule has 0 radical (unpaired) electrons. The van der Waals surface area contributed by atoms with Crippen LogP contribution in [0.5, 0.6) is 0 Å². The fourth-order valence-electron chi connectivity index (χ4n) is 0.235. The molecule has 2 unspecified atom stereocenters. The van der Waals surface area contributed by atoms with Gasteiger partial charge in [0.25, 0.3) is 0 Å². The summed E-state index contributed by atoms with van der Waals surface area (Å²) in [7, 11) is 2.48. The number of carbonyl (C=O) groups excluding carboxylic acids is 1. The Balaban J connectivity index is 3.53. The number of rotatable bonds is 5. The van der Waals surface area contributed by atoms with Crippen LogP contribution in [0.2, 0.25) is 0 Å². The van der Waals surface area contributed by atoms with Crippen LogP contribution in [0.15, 0.2) is 0 Å². The first kappa shape index (κ1) is 10.8. The first-order valence-electron chi connectivity index (χ1n) is 3.08. The smallest absolute Gasteiger partial charge is 0.317 e. The molecule has 0 bridgehead atoms. The molecule has 0 rings (SSSR count). The van der Waals surface area contributed by atoms with Gasteiger partial charge in [-0.3, -0.25) is 4.79 Å². The number of aliphatic carboxylic acids is 1. The zero-order valence-corrected chi connectivity index (χ0v) is 7.95. The third-order valence-electron chi connectivity index (χ3n) is 0.891. The van der Waals surface area contributed by atoms with E-state index >= 15 is 0 Å². The maximum atomic E-state index is 10.3. The van der Waals surface area contributed by atoms with Crippen LogP contribution in [0, 0.1) is 0 Å². The highest BCUT2D eigenvalue weighted by molar-refractivity contribution is 8.77. The minimum Gasteiger partial charge on any atom is -0.480 e. The molecule has 1 N–H and O–H groups in total. The van der Waals surface area contributed by atoms with Crippen LogP contribution in [0.4, 0.5) is 0 Å². The molecule has 0 aromatic carbocycles. The Morgan fingerprint density at radius 2 is 2.00 bits per heavy atom. The Labute approximate surface area is 73.3 Å². The Morgan fingerprint density at radius 1 is 1.45 bits per heavy atom. The lowest BCUT2D eigenvalue weighted by Gasteiger charge is -2.05. The number of carbonyl (C=O) groups is 2. The van der Waals surface area contributed by atoms with Crippen LogP contribution in [-0.2, 0) is 9.59 Å². The molecule has 2 atom stereocenters. The average Bonchev–Trinajstić information content (AvgIpc) is 1.99. The van der Waals surface area contributed by atoms with E-state index in [1.54, 1.807) is 13.8 Å². The summed E-state index contributed by atoms with van der Waals surface area (Å²) in [4.78, 5) is 20.4. The minimum atomic E-state index is -0.847. The third kappa shape index (κ3) is 5.15. The molecule has 0 aliphatic heterocycles. The quantitative estimate of drug-likeness (QED) is 0.530. The summed E-state index contributed by atoms with van der Waals surface area (Å²) in [6.45, 7) is 3.33. The monoisotopic (exact) mass is 194 g/mol. The van der Waals surface area contributed by atoms with Gasteiger partial charge in [0.2, 0.25) is 0 Å². The number of carboxylic acid groups (broad SMARTS) is 1. The van der Waals surface area contributed by atoms with E-state index in [9.17, 15) is 9.59 Å². The molecule has 0 heterocycles. The molecule has 5 heteroatoms. The molecule has 0 saturated heterocycles. The molecule has 0 aromatic rings. The number of carboxylic acids is 1. The van der Waals surface area contributed by atoms with Crippen LogP contribution >= 0.6 is 21.6 Å². The van der Waals surface area contributed by atoms with E-state index in [-0.39, 0.29) is 5.25 Å². The van der Waals surface area contributed by atoms with Crippen LogP contribution in [-0.4, -0.2) is 27.9 Å². The summed E-state index contributed by atoms with van der Waals surface area (Å²) in [6, 6.07) is 0. The van der Waals surface area contributed by atoms with Gasteiger partial charge in [0, 0.05) is 0 Å². The third-order valence-corrected chi connectivity index (χ3v) is 4.02. The van der Waals surface area contributed by atoms with Crippen molar-refractivity contribution in [3.05, 3.63) is 0 Å². The van der Waals surface area contributed by atoms with E-state index in [0.29, 0.717) is 0 Å². The molecule has 0 fully saturated rings. The lowest BCUT2D eigenvalue weighted by molar-refractivity contribution is -0.136. The molecule has 0 spiro atoms. The standard InChI is InChI=1S/C6H10O3S2/c1-4(3-7)10-11-5(2)6(8)9/h3-5H,1-2H3,(H,8,9). The summed E-state index contributed by atoms with van der Waals surface area (Å²) in [5.74, 6) is -0.847. The SMILES string of the molecule is CC(C=O)SSC(C)C(=O)O. The summed E-state index contributed by atoms with van der Waals surface area (Å²) in [5.41, 5.74) is 0. The molecule has 64 valence electrons. The molecule has 0 amide bonds. The van der Waals surface area contributed by atoms with Crippen molar-refractivity contribution in [2.75, 3.05) is 0 Å². The molecule has 0 aliphatic carbocycles. The number of hydrogen-bond donors (Lipinski definition) is 1. The van der Waals surface area contributed by atoms with Gasteiger partial charge in [-0.15, -0.1) is 0 Å². The van der Waals surface area contributed by atoms with E-state index in [2.05, 4.69) is 0 Å². The Kier molecular flexibility index (Phi) is 5.41. The summed E-state index contributed by atoms with van der Waals surface area (Å²) in [5, 5.41) is 7.85. The molecule has 0 aliphatic rings. The minimum absolute atomic E-state index is 0.137. The van der Waals surface area contributed by atoms with Crippen molar-refractivity contribution >= 4 is 33.8 Å². The fourth-order valence-corrected chi connectivity index (χ4v) is 2.11. The van der Waals surface area contributed by atoms with Crippen LogP contribution in [0.25, 0.3) is 0 Å². The summed E-state index contributed by atoms with van der Waals surface area (Å²) >= 11 is 0.